The quantitative estimate of drug-likeness (QED) is 0.479. The normalized spacial score (nSPS) is 14.5. The van der Waals surface area contributed by atoms with Gasteiger partial charge in [0.25, 0.3) is 0 Å². The Kier molecular flexibility index (Phi) is 11.3. The van der Waals surface area contributed by atoms with Crippen LogP contribution in [0.15, 0.2) is 54.1 Å². The van der Waals surface area contributed by atoms with Crippen molar-refractivity contribution in [1.29, 1.82) is 0 Å². The van der Waals surface area contributed by atoms with Gasteiger partial charge < -0.3 is 9.03 Å². The summed E-state index contributed by atoms with van der Waals surface area (Å²) in [7, 11) is 0.0527. The minimum Gasteiger partial charge on any atom is -0.375 e. The molecule has 0 aromatic heterocycles. The Bertz CT molecular complexity index is 853. The van der Waals surface area contributed by atoms with Gasteiger partial charge in [-0.05, 0) is 56.0 Å². The molecule has 7 heteroatoms. The average Bonchev–Trinajstić information content (AvgIpc) is 2.93. The van der Waals surface area contributed by atoms with Gasteiger partial charge in [0.1, 0.15) is 5.82 Å². The molecule has 3 rings (SSSR count). The van der Waals surface area contributed by atoms with E-state index in [1.165, 1.54) is 28.8 Å². The summed E-state index contributed by atoms with van der Waals surface area (Å²) < 4.78 is 28.2. The first-order valence-corrected chi connectivity index (χ1v) is 10.6. The molecule has 156 valence electrons. The van der Waals surface area contributed by atoms with E-state index >= 15 is 0 Å². The second-order valence-electron chi connectivity index (χ2n) is 8.03. The summed E-state index contributed by atoms with van der Waals surface area (Å²) in [5.41, 5.74) is 4.69. The van der Waals surface area contributed by atoms with Crippen molar-refractivity contribution in [2.75, 3.05) is 7.05 Å². The molecule has 1 atom stereocenters. The molecule has 0 N–H and O–H groups in total. The van der Waals surface area contributed by atoms with Crippen LogP contribution in [-0.2, 0) is 32.6 Å². The van der Waals surface area contributed by atoms with Crippen molar-refractivity contribution in [3.8, 4) is 0 Å². The number of fused-ring (bicyclic) bond motifs is 1. The minimum absolute atomic E-state index is 0. The van der Waals surface area contributed by atoms with Crippen molar-refractivity contribution in [2.24, 2.45) is 0 Å². The van der Waals surface area contributed by atoms with Gasteiger partial charge in [0.15, 0.2) is 0 Å². The van der Waals surface area contributed by atoms with Crippen LogP contribution in [0.5, 0.6) is 0 Å². The van der Waals surface area contributed by atoms with Gasteiger partial charge in [-0.1, -0.05) is 48.0 Å². The minimum atomic E-state index is -1.90. The van der Waals surface area contributed by atoms with Gasteiger partial charge in [-0.3, -0.25) is 0 Å². The number of halogens is 3. The Balaban J connectivity index is 0.00000261. The summed E-state index contributed by atoms with van der Waals surface area (Å²) in [5, 5.41) is 0. The Labute approximate surface area is 202 Å². The van der Waals surface area contributed by atoms with E-state index in [0.29, 0.717) is 6.04 Å². The molecule has 29 heavy (non-hydrogen) atoms. The van der Waals surface area contributed by atoms with E-state index in [1.54, 1.807) is 0 Å². The van der Waals surface area contributed by atoms with Gasteiger partial charge in [0.2, 0.25) is 0 Å². The summed E-state index contributed by atoms with van der Waals surface area (Å²) >= 11 is 0. The molecule has 0 aliphatic heterocycles. The van der Waals surface area contributed by atoms with E-state index < -0.39 is 8.84 Å². The maximum absolute atomic E-state index is 13.2. The van der Waals surface area contributed by atoms with Crippen molar-refractivity contribution in [3.63, 3.8) is 0 Å². The number of nitrogens with zero attached hydrogens (tertiary/aromatic N) is 1. The molecule has 2 aromatic rings. The second kappa shape index (κ2) is 11.6. The largest absolute Gasteiger partial charge is 0.395 e. The van der Waals surface area contributed by atoms with Crippen LogP contribution in [0.3, 0.4) is 0 Å². The fourth-order valence-corrected chi connectivity index (χ4v) is 5.25. The Morgan fingerprint density at radius 2 is 1.62 bits per heavy atom. The molecular formula is C22H28Cl2FNOSiTi. The van der Waals surface area contributed by atoms with E-state index in [4.69, 9.17) is 0 Å². The predicted octanol–water partition coefficient (Wildman–Crippen LogP) is 6.04. The topological polar surface area (TPSA) is 20.3 Å². The van der Waals surface area contributed by atoms with Gasteiger partial charge in [-0.25, -0.2) is 4.39 Å². The SMILES string of the molecule is CN([Si](=O)CC1C(Cc2ccc(F)cc2)=Cc2ccccc21)C(C)(C)C.Cl.Cl.[Ti]. The van der Waals surface area contributed by atoms with E-state index in [0.717, 1.165) is 12.0 Å². The van der Waals surface area contributed by atoms with Crippen LogP contribution in [0, 0.1) is 5.82 Å². The fourth-order valence-electron chi connectivity index (χ4n) is 3.40. The Hall–Kier alpha value is -0.779. The third kappa shape index (κ3) is 6.87. The summed E-state index contributed by atoms with van der Waals surface area (Å²) in [5.74, 6) is -0.0571. The molecule has 1 unspecified atom stereocenters. The summed E-state index contributed by atoms with van der Waals surface area (Å²) in [6.45, 7) is 6.27. The molecule has 0 heterocycles. The first-order valence-electron chi connectivity index (χ1n) is 9.06. The molecule has 0 fully saturated rings. The molecule has 1 aliphatic rings. The number of rotatable bonds is 5. The molecule has 2 aromatic carbocycles. The zero-order valence-electron chi connectivity index (χ0n) is 17.2. The number of allylic oxidation sites excluding steroid dienone is 1. The molecule has 0 amide bonds. The molecule has 0 saturated heterocycles. The molecule has 2 nitrogen and oxygen atoms in total. The number of hydrogen-bond donors (Lipinski definition) is 0. The number of hydrogen-bond acceptors (Lipinski definition) is 1. The van der Waals surface area contributed by atoms with Crippen LogP contribution in [0.4, 0.5) is 4.39 Å². The smallest absolute Gasteiger partial charge is 0.375 e. The fraction of sp³-hybridized carbons (Fsp3) is 0.364. The molecule has 0 radical (unpaired) electrons. The van der Waals surface area contributed by atoms with Crippen molar-refractivity contribution in [3.05, 3.63) is 76.6 Å². The first kappa shape index (κ1) is 28.2. The van der Waals surface area contributed by atoms with E-state index in [9.17, 15) is 8.85 Å². The van der Waals surface area contributed by atoms with Gasteiger partial charge in [0, 0.05) is 46.3 Å². The van der Waals surface area contributed by atoms with Crippen LogP contribution in [0.1, 0.15) is 43.4 Å². The molecule has 1 aliphatic carbocycles. The van der Waals surface area contributed by atoms with E-state index in [2.05, 4.69) is 39.0 Å². The summed E-state index contributed by atoms with van der Waals surface area (Å²) in [4.78, 5) is 0. The first-order chi connectivity index (χ1) is 12.3. The maximum Gasteiger partial charge on any atom is 0.395 e. The summed E-state index contributed by atoms with van der Waals surface area (Å²) in [6.07, 6.45) is 2.98. The predicted molar refractivity (Wildman–Crippen MR) is 121 cm³/mol. The van der Waals surface area contributed by atoms with E-state index in [1.807, 2.05) is 35.9 Å². The van der Waals surface area contributed by atoms with Gasteiger partial charge in [0.05, 0.1) is 0 Å². The van der Waals surface area contributed by atoms with Crippen molar-refractivity contribution in [2.45, 2.75) is 44.7 Å². The Morgan fingerprint density at radius 3 is 2.21 bits per heavy atom. The van der Waals surface area contributed by atoms with Crippen LogP contribution < -0.4 is 0 Å². The van der Waals surface area contributed by atoms with Gasteiger partial charge in [-0.2, -0.15) is 0 Å². The van der Waals surface area contributed by atoms with Gasteiger partial charge >= 0.3 is 8.84 Å². The average molecular weight is 488 g/mol. The summed E-state index contributed by atoms with van der Waals surface area (Å²) in [6, 6.07) is 15.7. The number of benzene rings is 2. The van der Waals surface area contributed by atoms with Crippen molar-refractivity contribution < 1.29 is 30.6 Å². The molecule has 0 bridgehead atoms. The van der Waals surface area contributed by atoms with Crippen LogP contribution in [0.2, 0.25) is 6.04 Å². The maximum atomic E-state index is 13.2. The van der Waals surface area contributed by atoms with Crippen LogP contribution in [-0.4, -0.2) is 26.0 Å². The zero-order chi connectivity index (χ0) is 18.9. The standard InChI is InChI=1S/C22H26FNOSi.2ClH.Ti/c1-22(2,3)24(4)26(25)15-21-18(13-16-9-11-19(23)12-10-16)14-17-7-5-6-8-20(17)21;;;/h5-12,14,21H,13,15H2,1-4H3;2*1H;. The van der Waals surface area contributed by atoms with Crippen LogP contribution >= 0.6 is 24.8 Å². The van der Waals surface area contributed by atoms with Crippen molar-refractivity contribution in [1.82, 2.24) is 4.57 Å². The van der Waals surface area contributed by atoms with Gasteiger partial charge in [-0.15, -0.1) is 24.8 Å². The third-order valence-electron chi connectivity index (χ3n) is 5.24. The molecular weight excluding hydrogens is 460 g/mol. The molecule has 0 spiro atoms. The zero-order valence-corrected chi connectivity index (χ0v) is 21.4. The van der Waals surface area contributed by atoms with E-state index in [-0.39, 0.29) is 63.8 Å². The van der Waals surface area contributed by atoms with Crippen LogP contribution in [0.25, 0.3) is 6.08 Å². The molecule has 0 saturated carbocycles. The monoisotopic (exact) mass is 487 g/mol. The third-order valence-corrected chi connectivity index (χ3v) is 7.42. The second-order valence-corrected chi connectivity index (χ2v) is 9.90. The Morgan fingerprint density at radius 1 is 1.03 bits per heavy atom. The van der Waals surface area contributed by atoms with Crippen molar-refractivity contribution >= 4 is 39.7 Å².